The molecule has 5 nitrogen and oxygen atoms in total. The first-order valence-corrected chi connectivity index (χ1v) is 8.28. The van der Waals surface area contributed by atoms with Crippen molar-refractivity contribution in [3.63, 3.8) is 0 Å². The predicted octanol–water partition coefficient (Wildman–Crippen LogP) is 3.95. The van der Waals surface area contributed by atoms with Crippen LogP contribution in [-0.2, 0) is 0 Å². The molecule has 1 saturated heterocycles. The van der Waals surface area contributed by atoms with Crippen LogP contribution in [-0.4, -0.2) is 33.9 Å². The molecule has 1 aliphatic heterocycles. The van der Waals surface area contributed by atoms with Crippen LogP contribution in [0.4, 0.5) is 16.0 Å². The van der Waals surface area contributed by atoms with E-state index in [1.165, 1.54) is 12.1 Å². The molecule has 0 atom stereocenters. The van der Waals surface area contributed by atoms with Gasteiger partial charge in [0, 0.05) is 24.5 Å². The minimum absolute atomic E-state index is 0.0114. The van der Waals surface area contributed by atoms with Crippen LogP contribution in [0.3, 0.4) is 0 Å². The van der Waals surface area contributed by atoms with Gasteiger partial charge < -0.3 is 10.2 Å². The molecule has 0 aliphatic carbocycles. The monoisotopic (exact) mass is 348 g/mol. The van der Waals surface area contributed by atoms with Crippen LogP contribution in [0.5, 0.6) is 0 Å². The Balaban J connectivity index is 1.82. The summed E-state index contributed by atoms with van der Waals surface area (Å²) < 4.78 is 13.2. The van der Waals surface area contributed by atoms with Crippen molar-refractivity contribution in [1.82, 2.24) is 14.9 Å². The summed E-state index contributed by atoms with van der Waals surface area (Å²) in [6, 6.07) is 5.94. The quantitative estimate of drug-likeness (QED) is 0.912. The number of amides is 1. The first kappa shape index (κ1) is 16.6. The van der Waals surface area contributed by atoms with E-state index in [0.29, 0.717) is 17.1 Å². The van der Waals surface area contributed by atoms with Crippen LogP contribution in [0, 0.1) is 12.7 Å². The number of aryl methyl sites for hydroxylation is 1. The second kappa shape index (κ2) is 7.13. The number of nitrogens with zero attached hydrogens (tertiary/aromatic N) is 3. The molecule has 0 radical (unpaired) electrons. The summed E-state index contributed by atoms with van der Waals surface area (Å²) in [6.45, 7) is 3.33. The summed E-state index contributed by atoms with van der Waals surface area (Å²) in [5, 5.41) is 2.98. The number of anilines is 2. The third kappa shape index (κ3) is 3.82. The lowest BCUT2D eigenvalue weighted by Crippen LogP contribution is -2.36. The minimum Gasteiger partial charge on any atom is -0.337 e. The molecule has 1 aliphatic rings. The maximum Gasteiger partial charge on any atom is 0.272 e. The number of halogens is 2. The maximum atomic E-state index is 13.2. The van der Waals surface area contributed by atoms with Gasteiger partial charge in [-0.2, -0.15) is 0 Å². The fourth-order valence-corrected chi connectivity index (χ4v) is 2.88. The number of hydrogen-bond donors (Lipinski definition) is 1. The van der Waals surface area contributed by atoms with Crippen molar-refractivity contribution in [3.05, 3.63) is 46.5 Å². The third-order valence-electron chi connectivity index (χ3n) is 3.89. The van der Waals surface area contributed by atoms with E-state index in [-0.39, 0.29) is 16.9 Å². The highest BCUT2D eigenvalue weighted by atomic mass is 35.5. The number of rotatable bonds is 3. The van der Waals surface area contributed by atoms with Crippen LogP contribution in [0.15, 0.2) is 24.3 Å². The van der Waals surface area contributed by atoms with Crippen molar-refractivity contribution in [1.29, 1.82) is 0 Å². The van der Waals surface area contributed by atoms with Gasteiger partial charge in [-0.05, 0) is 50.5 Å². The molecule has 1 aromatic carbocycles. The average Bonchev–Trinajstić information content (AvgIpc) is 2.58. The molecule has 7 heteroatoms. The minimum atomic E-state index is -0.492. The van der Waals surface area contributed by atoms with Crippen molar-refractivity contribution < 1.29 is 9.18 Å². The molecule has 1 aromatic heterocycles. The Morgan fingerprint density at radius 1 is 1.21 bits per heavy atom. The summed E-state index contributed by atoms with van der Waals surface area (Å²) in [4.78, 5) is 23.0. The first-order valence-electron chi connectivity index (χ1n) is 7.90. The molecule has 1 amide bonds. The van der Waals surface area contributed by atoms with Crippen molar-refractivity contribution in [2.75, 3.05) is 18.4 Å². The van der Waals surface area contributed by atoms with Gasteiger partial charge in [-0.25, -0.2) is 14.4 Å². The molecule has 0 spiro atoms. The third-order valence-corrected chi connectivity index (χ3v) is 4.18. The van der Waals surface area contributed by atoms with Crippen molar-refractivity contribution in [3.8, 4) is 0 Å². The molecular weight excluding hydrogens is 331 g/mol. The lowest BCUT2D eigenvalue weighted by molar-refractivity contribution is 0.0718. The molecule has 126 valence electrons. The summed E-state index contributed by atoms with van der Waals surface area (Å²) >= 11 is 5.78. The van der Waals surface area contributed by atoms with E-state index < -0.39 is 5.82 Å². The molecule has 2 heterocycles. The van der Waals surface area contributed by atoms with E-state index >= 15 is 0 Å². The number of nitrogens with one attached hydrogen (secondary N) is 1. The SMILES string of the molecule is Cc1cc(C(=O)N2CCCCC2)nc(Nc2ccc(F)c(Cl)c2)n1. The first-order chi connectivity index (χ1) is 11.5. The maximum absolute atomic E-state index is 13.2. The predicted molar refractivity (Wildman–Crippen MR) is 91.2 cm³/mol. The fraction of sp³-hybridized carbons (Fsp3) is 0.353. The van der Waals surface area contributed by atoms with Gasteiger partial charge in [0.15, 0.2) is 0 Å². The van der Waals surface area contributed by atoms with Gasteiger partial charge in [0.25, 0.3) is 5.91 Å². The van der Waals surface area contributed by atoms with E-state index in [9.17, 15) is 9.18 Å². The zero-order valence-electron chi connectivity index (χ0n) is 13.4. The van der Waals surface area contributed by atoms with Crippen LogP contribution in [0.2, 0.25) is 5.02 Å². The second-order valence-electron chi connectivity index (χ2n) is 5.82. The Morgan fingerprint density at radius 3 is 2.67 bits per heavy atom. The standard InChI is InChI=1S/C17H18ClFN4O/c1-11-9-15(16(24)23-7-3-2-4-8-23)22-17(20-11)21-12-5-6-14(19)13(18)10-12/h5-6,9-10H,2-4,7-8H2,1H3,(H,20,21,22). The highest BCUT2D eigenvalue weighted by molar-refractivity contribution is 6.31. The number of carbonyl (C=O) groups excluding carboxylic acids is 1. The summed E-state index contributed by atoms with van der Waals surface area (Å²) in [6.07, 6.45) is 3.20. The molecule has 1 N–H and O–H groups in total. The van der Waals surface area contributed by atoms with E-state index in [1.807, 2.05) is 4.90 Å². The number of hydrogen-bond acceptors (Lipinski definition) is 4. The number of carbonyl (C=O) groups is 1. The van der Waals surface area contributed by atoms with E-state index in [4.69, 9.17) is 11.6 Å². The van der Waals surface area contributed by atoms with Gasteiger partial charge >= 0.3 is 0 Å². The Morgan fingerprint density at radius 2 is 1.96 bits per heavy atom. The second-order valence-corrected chi connectivity index (χ2v) is 6.23. The van der Waals surface area contributed by atoms with Crippen LogP contribution in [0.1, 0.15) is 35.4 Å². The molecule has 0 saturated carbocycles. The van der Waals surface area contributed by atoms with Gasteiger partial charge in [0.05, 0.1) is 5.02 Å². The summed E-state index contributed by atoms with van der Waals surface area (Å²) in [7, 11) is 0. The summed E-state index contributed by atoms with van der Waals surface area (Å²) in [5.74, 6) is -0.285. The number of likely N-dealkylation sites (tertiary alicyclic amines) is 1. The molecular formula is C17H18ClFN4O. The zero-order valence-corrected chi connectivity index (χ0v) is 14.1. The topological polar surface area (TPSA) is 58.1 Å². The highest BCUT2D eigenvalue weighted by Gasteiger charge is 2.20. The number of piperidine rings is 1. The van der Waals surface area contributed by atoms with Gasteiger partial charge in [-0.1, -0.05) is 11.6 Å². The Hall–Kier alpha value is -2.21. The number of benzene rings is 1. The van der Waals surface area contributed by atoms with Crippen molar-refractivity contribution in [2.24, 2.45) is 0 Å². The Kier molecular flexibility index (Phi) is 4.94. The molecule has 2 aromatic rings. The van der Waals surface area contributed by atoms with Gasteiger partial charge in [0.2, 0.25) is 5.95 Å². The zero-order chi connectivity index (χ0) is 17.1. The fourth-order valence-electron chi connectivity index (χ4n) is 2.70. The molecule has 0 unspecified atom stereocenters. The normalized spacial score (nSPS) is 14.5. The Bertz CT molecular complexity index is 762. The molecule has 0 bridgehead atoms. The largest absolute Gasteiger partial charge is 0.337 e. The van der Waals surface area contributed by atoms with Crippen molar-refractivity contribution in [2.45, 2.75) is 26.2 Å². The van der Waals surface area contributed by atoms with Gasteiger partial charge in [-0.15, -0.1) is 0 Å². The molecule has 24 heavy (non-hydrogen) atoms. The van der Waals surface area contributed by atoms with E-state index in [2.05, 4.69) is 15.3 Å². The number of aromatic nitrogens is 2. The smallest absolute Gasteiger partial charge is 0.272 e. The highest BCUT2D eigenvalue weighted by Crippen LogP contribution is 2.22. The lowest BCUT2D eigenvalue weighted by Gasteiger charge is -2.26. The molecule has 3 rings (SSSR count). The van der Waals surface area contributed by atoms with Crippen LogP contribution >= 0.6 is 11.6 Å². The van der Waals surface area contributed by atoms with Gasteiger partial charge in [0.1, 0.15) is 11.5 Å². The summed E-state index contributed by atoms with van der Waals surface area (Å²) in [5.41, 5.74) is 1.60. The van der Waals surface area contributed by atoms with E-state index in [1.54, 1.807) is 19.1 Å². The molecule has 1 fully saturated rings. The Labute approximate surface area is 144 Å². The van der Waals surface area contributed by atoms with Crippen LogP contribution < -0.4 is 5.32 Å². The van der Waals surface area contributed by atoms with Gasteiger partial charge in [-0.3, -0.25) is 4.79 Å². The van der Waals surface area contributed by atoms with Crippen molar-refractivity contribution >= 4 is 29.1 Å². The lowest BCUT2D eigenvalue weighted by atomic mass is 10.1. The average molecular weight is 349 g/mol. The van der Waals surface area contributed by atoms with E-state index in [0.717, 1.165) is 32.4 Å². The van der Waals surface area contributed by atoms with Crippen LogP contribution in [0.25, 0.3) is 0 Å².